The number of methoxy groups -OCH3 is 1. The van der Waals surface area contributed by atoms with Gasteiger partial charge in [-0.25, -0.2) is 0 Å². The molecule has 1 amide bonds. The molecule has 4 fully saturated rings. The minimum Gasteiger partial charge on any atom is -0.469 e. The van der Waals surface area contributed by atoms with Crippen LogP contribution in [0.15, 0.2) is 0 Å². The van der Waals surface area contributed by atoms with E-state index in [1.165, 1.54) is 7.11 Å². The molecule has 140 valence electrons. The number of hydrogen-bond acceptors (Lipinski definition) is 5. The predicted molar refractivity (Wildman–Crippen MR) is 91.9 cm³/mol. The number of morpholine rings is 1. The summed E-state index contributed by atoms with van der Waals surface area (Å²) in [5.41, 5.74) is -0.409. The quantitative estimate of drug-likeness (QED) is 0.702. The molecule has 25 heavy (non-hydrogen) atoms. The molecule has 0 radical (unpaired) electrons. The van der Waals surface area contributed by atoms with E-state index in [1.807, 2.05) is 4.90 Å². The molecule has 2 aliphatic carbocycles. The van der Waals surface area contributed by atoms with Crippen LogP contribution in [0.2, 0.25) is 0 Å². The van der Waals surface area contributed by atoms with E-state index in [2.05, 4.69) is 18.7 Å². The Hall–Kier alpha value is -1.14. The summed E-state index contributed by atoms with van der Waals surface area (Å²) >= 11 is 0. The van der Waals surface area contributed by atoms with Gasteiger partial charge in [-0.3, -0.25) is 14.5 Å². The van der Waals surface area contributed by atoms with Crippen molar-refractivity contribution >= 4 is 11.9 Å². The molecule has 0 aromatic rings. The molecule has 6 nitrogen and oxygen atoms in total. The van der Waals surface area contributed by atoms with Crippen LogP contribution in [0.25, 0.3) is 0 Å². The summed E-state index contributed by atoms with van der Waals surface area (Å²) in [4.78, 5) is 28.6. The summed E-state index contributed by atoms with van der Waals surface area (Å²) < 4.78 is 11.3. The first-order chi connectivity index (χ1) is 11.7. The third kappa shape index (κ3) is 3.56. The smallest absolute Gasteiger partial charge is 0.306 e. The molecule has 0 aromatic carbocycles. The fraction of sp³-hybridized carbons (Fsp3) is 0.895. The molecule has 6 heteroatoms. The van der Waals surface area contributed by atoms with Crippen molar-refractivity contribution in [3.05, 3.63) is 0 Å². The molecule has 4 aliphatic rings. The molecule has 0 atom stereocenters. The number of hydrogen-bond donors (Lipinski definition) is 0. The Morgan fingerprint density at radius 2 is 1.80 bits per heavy atom. The number of esters is 1. The van der Waals surface area contributed by atoms with Crippen LogP contribution in [0.4, 0.5) is 0 Å². The maximum Gasteiger partial charge on any atom is 0.306 e. The van der Waals surface area contributed by atoms with Gasteiger partial charge in [0.1, 0.15) is 5.60 Å². The van der Waals surface area contributed by atoms with E-state index in [0.29, 0.717) is 25.4 Å². The van der Waals surface area contributed by atoms with Crippen molar-refractivity contribution in [2.45, 2.75) is 57.2 Å². The molecule has 2 heterocycles. The Morgan fingerprint density at radius 1 is 1.12 bits per heavy atom. The van der Waals surface area contributed by atoms with Crippen LogP contribution in [-0.4, -0.2) is 72.7 Å². The highest BCUT2D eigenvalue weighted by atomic mass is 16.5. The minimum absolute atomic E-state index is 0.107. The van der Waals surface area contributed by atoms with E-state index in [1.54, 1.807) is 0 Å². The standard InChI is InChI=1S/C19H30N2O4/c1-17(2)9-21(16(23)14-4-5-14)13-19(25-17)11-20(12-19)10-18(6-7-18)8-15(22)24-3/h14H,4-13H2,1-3H3. The van der Waals surface area contributed by atoms with Gasteiger partial charge in [0.2, 0.25) is 5.91 Å². The number of nitrogens with zero attached hydrogens (tertiary/aromatic N) is 2. The second kappa shape index (κ2) is 5.68. The number of likely N-dealkylation sites (tertiary alicyclic amines) is 1. The first kappa shape index (κ1) is 17.3. The lowest BCUT2D eigenvalue weighted by atomic mass is 9.86. The molecule has 2 saturated heterocycles. The SMILES string of the molecule is COC(=O)CC1(CN2CC3(C2)CN(C(=O)C2CC2)CC(C)(C)O3)CC1. The van der Waals surface area contributed by atoms with Crippen LogP contribution in [-0.2, 0) is 19.1 Å². The number of carbonyl (C=O) groups is 2. The number of ether oxygens (including phenoxy) is 2. The Kier molecular flexibility index (Phi) is 3.93. The lowest BCUT2D eigenvalue weighted by molar-refractivity contribution is -0.247. The van der Waals surface area contributed by atoms with Gasteiger partial charge in [-0.2, -0.15) is 0 Å². The van der Waals surface area contributed by atoms with Crippen molar-refractivity contribution in [2.24, 2.45) is 11.3 Å². The van der Waals surface area contributed by atoms with Crippen LogP contribution >= 0.6 is 0 Å². The average Bonchev–Trinajstić information content (AvgIpc) is 3.39. The first-order valence-electron chi connectivity index (χ1n) is 9.52. The second-order valence-electron chi connectivity index (χ2n) is 9.41. The molecule has 0 unspecified atom stereocenters. The monoisotopic (exact) mass is 350 g/mol. The predicted octanol–water partition coefficient (Wildman–Crippen LogP) is 1.43. The van der Waals surface area contributed by atoms with Crippen molar-refractivity contribution in [3.63, 3.8) is 0 Å². The van der Waals surface area contributed by atoms with Gasteiger partial charge in [-0.05, 0) is 44.9 Å². The highest BCUT2D eigenvalue weighted by Gasteiger charge is 2.56. The molecule has 0 bridgehead atoms. The zero-order valence-corrected chi connectivity index (χ0v) is 15.7. The first-order valence-corrected chi connectivity index (χ1v) is 9.52. The second-order valence-corrected chi connectivity index (χ2v) is 9.41. The number of carbonyl (C=O) groups excluding carboxylic acids is 2. The lowest BCUT2D eigenvalue weighted by Gasteiger charge is -2.58. The Labute approximate surface area is 149 Å². The third-order valence-corrected chi connectivity index (χ3v) is 6.07. The topological polar surface area (TPSA) is 59.1 Å². The molecular formula is C19H30N2O4. The van der Waals surface area contributed by atoms with Crippen molar-refractivity contribution < 1.29 is 19.1 Å². The fourth-order valence-corrected chi connectivity index (χ4v) is 4.72. The van der Waals surface area contributed by atoms with Crippen molar-refractivity contribution in [3.8, 4) is 0 Å². The summed E-state index contributed by atoms with van der Waals surface area (Å²) in [6.45, 7) is 8.22. The van der Waals surface area contributed by atoms with Crippen LogP contribution in [0.1, 0.15) is 46.0 Å². The van der Waals surface area contributed by atoms with E-state index < -0.39 is 0 Å². The maximum absolute atomic E-state index is 12.6. The van der Waals surface area contributed by atoms with Gasteiger partial charge in [0.05, 0.1) is 25.7 Å². The Balaban J connectivity index is 1.35. The van der Waals surface area contributed by atoms with E-state index >= 15 is 0 Å². The van der Waals surface area contributed by atoms with Crippen LogP contribution in [0, 0.1) is 11.3 Å². The fourth-order valence-electron chi connectivity index (χ4n) is 4.72. The Morgan fingerprint density at radius 3 is 2.36 bits per heavy atom. The minimum atomic E-state index is -0.293. The molecule has 2 saturated carbocycles. The van der Waals surface area contributed by atoms with E-state index in [-0.39, 0.29) is 28.5 Å². The largest absolute Gasteiger partial charge is 0.469 e. The molecule has 0 aromatic heterocycles. The molecule has 0 N–H and O–H groups in total. The molecule has 2 aliphatic heterocycles. The van der Waals surface area contributed by atoms with Crippen molar-refractivity contribution in [1.29, 1.82) is 0 Å². The van der Waals surface area contributed by atoms with Crippen LogP contribution in [0.5, 0.6) is 0 Å². The van der Waals surface area contributed by atoms with E-state index in [0.717, 1.165) is 45.3 Å². The van der Waals surface area contributed by atoms with Gasteiger partial charge in [-0.1, -0.05) is 0 Å². The van der Waals surface area contributed by atoms with E-state index in [4.69, 9.17) is 9.47 Å². The summed E-state index contributed by atoms with van der Waals surface area (Å²) in [5, 5.41) is 0. The van der Waals surface area contributed by atoms with Gasteiger partial charge < -0.3 is 14.4 Å². The Bertz CT molecular complexity index is 574. The lowest BCUT2D eigenvalue weighted by Crippen LogP contribution is -2.74. The van der Waals surface area contributed by atoms with Gasteiger partial charge in [0.15, 0.2) is 0 Å². The summed E-state index contributed by atoms with van der Waals surface area (Å²) in [7, 11) is 1.46. The highest BCUT2D eigenvalue weighted by molar-refractivity contribution is 5.81. The highest BCUT2D eigenvalue weighted by Crippen LogP contribution is 2.51. The average molecular weight is 350 g/mol. The molecular weight excluding hydrogens is 320 g/mol. The third-order valence-electron chi connectivity index (χ3n) is 6.07. The van der Waals surface area contributed by atoms with Crippen LogP contribution in [0.3, 0.4) is 0 Å². The van der Waals surface area contributed by atoms with Crippen molar-refractivity contribution in [1.82, 2.24) is 9.80 Å². The number of amides is 1. The van der Waals surface area contributed by atoms with E-state index in [9.17, 15) is 9.59 Å². The maximum atomic E-state index is 12.6. The normalized spacial score (nSPS) is 29.2. The summed E-state index contributed by atoms with van der Waals surface area (Å²) in [6.07, 6.45) is 4.82. The zero-order valence-electron chi connectivity index (χ0n) is 15.7. The van der Waals surface area contributed by atoms with Gasteiger partial charge in [-0.15, -0.1) is 0 Å². The summed E-state index contributed by atoms with van der Waals surface area (Å²) in [6, 6.07) is 0. The van der Waals surface area contributed by atoms with Gasteiger partial charge in [0.25, 0.3) is 0 Å². The number of rotatable bonds is 5. The summed E-state index contributed by atoms with van der Waals surface area (Å²) in [5.74, 6) is 0.472. The zero-order chi connectivity index (χ0) is 17.9. The van der Waals surface area contributed by atoms with Gasteiger partial charge in [0, 0.05) is 32.1 Å². The van der Waals surface area contributed by atoms with Gasteiger partial charge >= 0.3 is 5.97 Å². The molecule has 1 spiro atoms. The van der Waals surface area contributed by atoms with Crippen molar-refractivity contribution in [2.75, 3.05) is 39.8 Å². The van der Waals surface area contributed by atoms with Crippen LogP contribution < -0.4 is 0 Å². The molecule has 4 rings (SSSR count).